The predicted octanol–water partition coefficient (Wildman–Crippen LogP) is 1.12. The Labute approximate surface area is 146 Å². The summed E-state index contributed by atoms with van der Waals surface area (Å²) in [6.07, 6.45) is 4.78. The van der Waals surface area contributed by atoms with E-state index >= 15 is 0 Å². The van der Waals surface area contributed by atoms with E-state index in [0.29, 0.717) is 24.1 Å². The van der Waals surface area contributed by atoms with Crippen LogP contribution < -0.4 is 16.4 Å². The number of hydrogen-bond acceptors (Lipinski definition) is 4. The molecule has 3 rings (SSSR count). The Bertz CT molecular complexity index is 711. The van der Waals surface area contributed by atoms with Gasteiger partial charge < -0.3 is 16.4 Å². The van der Waals surface area contributed by atoms with Crippen molar-refractivity contribution in [3.63, 3.8) is 0 Å². The predicted molar refractivity (Wildman–Crippen MR) is 93.1 cm³/mol. The van der Waals surface area contributed by atoms with E-state index in [1.54, 1.807) is 35.1 Å². The molecule has 1 aliphatic rings. The Hall–Kier alpha value is -2.38. The number of nitrogens with zero attached hydrogens (tertiary/aromatic N) is 2. The van der Waals surface area contributed by atoms with E-state index in [2.05, 4.69) is 15.7 Å². The molecule has 0 aliphatic carbocycles. The van der Waals surface area contributed by atoms with Crippen LogP contribution in [0.4, 0.5) is 5.69 Å². The van der Waals surface area contributed by atoms with E-state index < -0.39 is 11.4 Å². The lowest BCUT2D eigenvalue weighted by molar-refractivity contribution is -0.126. The minimum atomic E-state index is -0.725. The average molecular weight is 350 g/mol. The fourth-order valence-electron chi connectivity index (χ4n) is 2.92. The maximum absolute atomic E-state index is 13.0. The fourth-order valence-corrected chi connectivity index (χ4v) is 2.92. The van der Waals surface area contributed by atoms with Gasteiger partial charge in [0.2, 0.25) is 5.91 Å². The van der Waals surface area contributed by atoms with Gasteiger partial charge in [-0.25, -0.2) is 0 Å². The number of nitrogens with two attached hydrogens (primary N) is 1. The highest BCUT2D eigenvalue weighted by molar-refractivity contribution is 5.99. The van der Waals surface area contributed by atoms with Crippen molar-refractivity contribution in [1.82, 2.24) is 15.1 Å². The van der Waals surface area contributed by atoms with Crippen LogP contribution in [0.5, 0.6) is 0 Å². The van der Waals surface area contributed by atoms with Crippen LogP contribution in [0.1, 0.15) is 23.2 Å². The van der Waals surface area contributed by atoms with Crippen molar-refractivity contribution in [2.45, 2.75) is 18.4 Å². The van der Waals surface area contributed by atoms with Crippen LogP contribution in [0.3, 0.4) is 0 Å². The van der Waals surface area contributed by atoms with Crippen LogP contribution >= 0.6 is 12.4 Å². The zero-order valence-electron chi connectivity index (χ0n) is 13.1. The van der Waals surface area contributed by atoms with Crippen LogP contribution in [0.15, 0.2) is 42.7 Å². The molecule has 1 saturated heterocycles. The monoisotopic (exact) mass is 349 g/mol. The molecule has 0 saturated carbocycles. The lowest BCUT2D eigenvalue weighted by atomic mass is 9.87. The molecule has 1 fully saturated rings. The van der Waals surface area contributed by atoms with Gasteiger partial charge in [-0.3, -0.25) is 14.3 Å². The number of amides is 2. The van der Waals surface area contributed by atoms with Crippen molar-refractivity contribution < 1.29 is 9.59 Å². The molecule has 2 amide bonds. The number of hydrogen-bond donors (Lipinski definition) is 3. The summed E-state index contributed by atoms with van der Waals surface area (Å²) in [7, 11) is 0. The van der Waals surface area contributed by atoms with Gasteiger partial charge in [0.15, 0.2) is 0 Å². The normalized spacial score (nSPS) is 16.0. The molecule has 2 heterocycles. The number of anilines is 1. The summed E-state index contributed by atoms with van der Waals surface area (Å²) in [5, 5.41) is 10.4. The van der Waals surface area contributed by atoms with Gasteiger partial charge in [0.25, 0.3) is 5.91 Å². The highest BCUT2D eigenvalue weighted by Gasteiger charge is 2.42. The Morgan fingerprint density at radius 2 is 2.00 bits per heavy atom. The number of piperidine rings is 1. The van der Waals surface area contributed by atoms with Gasteiger partial charge in [-0.2, -0.15) is 5.10 Å². The quantitative estimate of drug-likeness (QED) is 0.769. The number of halogens is 1. The number of carbonyl (C=O) groups is 2. The molecule has 0 spiro atoms. The second-order valence-electron chi connectivity index (χ2n) is 5.63. The fraction of sp³-hybridized carbons (Fsp3) is 0.312. The smallest absolute Gasteiger partial charge is 0.252 e. The largest absolute Gasteiger partial charge is 0.366 e. The van der Waals surface area contributed by atoms with Crippen molar-refractivity contribution >= 4 is 29.9 Å². The first-order chi connectivity index (χ1) is 11.1. The topological polar surface area (TPSA) is 102 Å². The number of benzene rings is 1. The van der Waals surface area contributed by atoms with Gasteiger partial charge in [-0.15, -0.1) is 12.4 Å². The molecular weight excluding hydrogens is 330 g/mol. The Morgan fingerprint density at radius 1 is 1.25 bits per heavy atom. The van der Waals surface area contributed by atoms with Gasteiger partial charge in [0, 0.05) is 23.6 Å². The maximum atomic E-state index is 13.0. The number of rotatable bonds is 4. The maximum Gasteiger partial charge on any atom is 0.252 e. The van der Waals surface area contributed by atoms with Crippen LogP contribution in [-0.4, -0.2) is 34.7 Å². The third-order valence-corrected chi connectivity index (χ3v) is 4.20. The molecule has 8 heteroatoms. The summed E-state index contributed by atoms with van der Waals surface area (Å²) in [4.78, 5) is 24.2. The molecular formula is C16H20ClN5O2. The summed E-state index contributed by atoms with van der Waals surface area (Å²) in [5.41, 5.74) is 5.48. The second-order valence-corrected chi connectivity index (χ2v) is 5.63. The number of nitrogens with one attached hydrogen (secondary N) is 2. The van der Waals surface area contributed by atoms with E-state index in [9.17, 15) is 9.59 Å². The Kier molecular flexibility index (Phi) is 5.58. The highest BCUT2D eigenvalue weighted by atomic mass is 35.5. The number of aromatic nitrogens is 2. The minimum absolute atomic E-state index is 0. The van der Waals surface area contributed by atoms with E-state index in [0.717, 1.165) is 13.1 Å². The first-order valence-electron chi connectivity index (χ1n) is 7.54. The van der Waals surface area contributed by atoms with Crippen LogP contribution in [0.25, 0.3) is 0 Å². The average Bonchev–Trinajstić information content (AvgIpc) is 3.10. The van der Waals surface area contributed by atoms with Crippen LogP contribution in [0, 0.1) is 0 Å². The van der Waals surface area contributed by atoms with E-state index in [1.165, 1.54) is 0 Å². The van der Waals surface area contributed by atoms with Crippen molar-refractivity contribution in [3.05, 3.63) is 48.3 Å². The molecule has 128 valence electrons. The molecule has 0 bridgehead atoms. The second kappa shape index (κ2) is 7.46. The van der Waals surface area contributed by atoms with Crippen LogP contribution in [0.2, 0.25) is 0 Å². The first kappa shape index (κ1) is 18.0. The summed E-state index contributed by atoms with van der Waals surface area (Å²) >= 11 is 0. The minimum Gasteiger partial charge on any atom is -0.366 e. The molecule has 7 nitrogen and oxygen atoms in total. The van der Waals surface area contributed by atoms with E-state index in [4.69, 9.17) is 5.73 Å². The first-order valence-corrected chi connectivity index (χ1v) is 7.54. The summed E-state index contributed by atoms with van der Waals surface area (Å²) in [5.74, 6) is -0.658. The third-order valence-electron chi connectivity index (χ3n) is 4.20. The van der Waals surface area contributed by atoms with Gasteiger partial charge >= 0.3 is 0 Å². The Balaban J connectivity index is 0.00000208. The van der Waals surface area contributed by atoms with Gasteiger partial charge in [0.1, 0.15) is 5.54 Å². The van der Waals surface area contributed by atoms with E-state index in [-0.39, 0.29) is 18.3 Å². The zero-order valence-corrected chi connectivity index (χ0v) is 13.9. The number of carbonyl (C=O) groups excluding carboxylic acids is 2. The summed E-state index contributed by atoms with van der Waals surface area (Å²) in [6, 6.07) is 8.44. The standard InChI is InChI=1S/C16H19N5O2.ClH/c17-14(22)12-3-1-4-13(11-12)20-15(23)16(5-8-18-9-6-16)21-10-2-7-19-21;/h1-4,7,10-11,18H,5-6,8-9H2,(H2,17,22)(H,20,23);1H. The Morgan fingerprint density at radius 3 is 2.62 bits per heavy atom. The molecule has 0 radical (unpaired) electrons. The zero-order chi connectivity index (χ0) is 16.3. The SMILES string of the molecule is Cl.NC(=O)c1cccc(NC(=O)C2(n3cccn3)CCNCC2)c1. The molecule has 24 heavy (non-hydrogen) atoms. The molecule has 0 unspecified atom stereocenters. The molecule has 1 aliphatic heterocycles. The van der Waals surface area contributed by atoms with Crippen molar-refractivity contribution in [2.75, 3.05) is 18.4 Å². The van der Waals surface area contributed by atoms with E-state index in [1.807, 2.05) is 12.3 Å². The molecule has 1 aromatic carbocycles. The van der Waals surface area contributed by atoms with Gasteiger partial charge in [-0.1, -0.05) is 6.07 Å². The van der Waals surface area contributed by atoms with Crippen LogP contribution in [-0.2, 0) is 10.3 Å². The van der Waals surface area contributed by atoms with Gasteiger partial charge in [-0.05, 0) is 50.2 Å². The number of primary amides is 1. The third kappa shape index (κ3) is 3.42. The summed E-state index contributed by atoms with van der Waals surface area (Å²) < 4.78 is 1.72. The van der Waals surface area contributed by atoms with Crippen molar-refractivity contribution in [1.29, 1.82) is 0 Å². The van der Waals surface area contributed by atoms with Crippen molar-refractivity contribution in [2.24, 2.45) is 5.73 Å². The molecule has 4 N–H and O–H groups in total. The van der Waals surface area contributed by atoms with Gasteiger partial charge in [0.05, 0.1) is 0 Å². The summed E-state index contributed by atoms with van der Waals surface area (Å²) in [6.45, 7) is 1.49. The molecule has 1 aromatic heterocycles. The highest BCUT2D eigenvalue weighted by Crippen LogP contribution is 2.28. The van der Waals surface area contributed by atoms with Crippen molar-refractivity contribution in [3.8, 4) is 0 Å². The molecule has 2 aromatic rings. The lowest BCUT2D eigenvalue weighted by Crippen LogP contribution is -2.52. The molecule has 0 atom stereocenters. The lowest BCUT2D eigenvalue weighted by Gasteiger charge is -2.36.